The Labute approximate surface area is 236 Å². The average Bonchev–Trinajstić information content (AvgIpc) is 3.57. The first-order chi connectivity index (χ1) is 19.1. The van der Waals surface area contributed by atoms with Crippen LogP contribution in [0, 0.1) is 0 Å². The highest BCUT2D eigenvalue weighted by molar-refractivity contribution is 7.23. The summed E-state index contributed by atoms with van der Waals surface area (Å²) in [4.78, 5) is 26.2. The number of pyridine rings is 1. The Morgan fingerprint density at radius 2 is 1.90 bits per heavy atom. The molecule has 0 bridgehead atoms. The van der Waals surface area contributed by atoms with Crippen LogP contribution in [0.3, 0.4) is 0 Å². The van der Waals surface area contributed by atoms with Gasteiger partial charge in [0.25, 0.3) is 0 Å². The second-order valence-electron chi connectivity index (χ2n) is 9.53. The molecule has 5 aromatic rings. The fraction of sp³-hybridized carbons (Fsp3) is 0.233. The minimum Gasteiger partial charge on any atom is -0.378 e. The molecule has 4 heterocycles. The molecular formula is C30H28ClN5O2S. The largest absolute Gasteiger partial charge is 0.378 e. The second-order valence-corrected chi connectivity index (χ2v) is 11.0. The van der Waals surface area contributed by atoms with E-state index < -0.39 is 0 Å². The number of halogens is 1. The Bertz CT molecular complexity index is 1580. The van der Waals surface area contributed by atoms with Gasteiger partial charge in [-0.25, -0.2) is 4.98 Å². The van der Waals surface area contributed by atoms with Gasteiger partial charge in [-0.1, -0.05) is 29.8 Å². The Balaban J connectivity index is 1.36. The maximum absolute atomic E-state index is 12.7. The van der Waals surface area contributed by atoms with Crippen molar-refractivity contribution in [2.75, 3.05) is 36.1 Å². The topological polar surface area (TPSA) is 63.5 Å². The summed E-state index contributed by atoms with van der Waals surface area (Å²) in [6.45, 7) is 3.31. The van der Waals surface area contributed by atoms with Crippen molar-refractivity contribution in [3.63, 3.8) is 0 Å². The molecule has 1 amide bonds. The number of rotatable bonds is 8. The SMILES string of the molecule is Cn1c(-c2ccc(N3CCOCC3)cc2)cnc1[C@H](Cc1ccccn1)N(C=O)c1cc2cc(Cl)ccc2s1. The molecule has 1 aliphatic heterocycles. The number of morpholine rings is 1. The summed E-state index contributed by atoms with van der Waals surface area (Å²) in [5.74, 6) is 0.787. The van der Waals surface area contributed by atoms with Crippen molar-refractivity contribution >= 4 is 50.1 Å². The molecule has 0 spiro atoms. The minimum absolute atomic E-state index is 0.354. The Morgan fingerprint density at radius 3 is 2.64 bits per heavy atom. The van der Waals surface area contributed by atoms with Crippen molar-refractivity contribution in [2.24, 2.45) is 7.05 Å². The van der Waals surface area contributed by atoms with Crippen LogP contribution in [0.1, 0.15) is 17.6 Å². The van der Waals surface area contributed by atoms with Gasteiger partial charge in [0.2, 0.25) is 6.41 Å². The van der Waals surface area contributed by atoms with Gasteiger partial charge in [-0.05, 0) is 59.5 Å². The first-order valence-electron chi connectivity index (χ1n) is 12.9. The van der Waals surface area contributed by atoms with E-state index in [1.54, 1.807) is 22.4 Å². The van der Waals surface area contributed by atoms with E-state index in [9.17, 15) is 4.79 Å². The zero-order valence-corrected chi connectivity index (χ0v) is 23.1. The van der Waals surface area contributed by atoms with Gasteiger partial charge in [0.15, 0.2) is 0 Å². The van der Waals surface area contributed by atoms with Gasteiger partial charge in [-0.3, -0.25) is 14.7 Å². The number of fused-ring (bicyclic) bond motifs is 1. The number of nitrogens with zero attached hydrogens (tertiary/aromatic N) is 5. The summed E-state index contributed by atoms with van der Waals surface area (Å²) >= 11 is 7.80. The number of thiophene rings is 1. The molecule has 0 saturated carbocycles. The van der Waals surface area contributed by atoms with Crippen molar-refractivity contribution in [2.45, 2.75) is 12.5 Å². The van der Waals surface area contributed by atoms with E-state index in [2.05, 4.69) is 38.7 Å². The van der Waals surface area contributed by atoms with Crippen molar-refractivity contribution in [1.82, 2.24) is 14.5 Å². The lowest BCUT2D eigenvalue weighted by Gasteiger charge is -2.29. The van der Waals surface area contributed by atoms with E-state index >= 15 is 0 Å². The van der Waals surface area contributed by atoms with Crippen molar-refractivity contribution < 1.29 is 9.53 Å². The quantitative estimate of drug-likeness (QED) is 0.215. The highest BCUT2D eigenvalue weighted by Gasteiger charge is 2.28. The lowest BCUT2D eigenvalue weighted by atomic mass is 10.1. The molecule has 3 aromatic heterocycles. The molecule has 9 heteroatoms. The monoisotopic (exact) mass is 557 g/mol. The minimum atomic E-state index is -0.354. The Morgan fingerprint density at radius 1 is 1.08 bits per heavy atom. The molecule has 1 fully saturated rings. The maximum Gasteiger partial charge on any atom is 0.215 e. The number of carbonyl (C=O) groups is 1. The molecule has 7 nitrogen and oxygen atoms in total. The summed E-state index contributed by atoms with van der Waals surface area (Å²) < 4.78 is 8.64. The maximum atomic E-state index is 12.7. The molecule has 2 aromatic carbocycles. The molecule has 6 rings (SSSR count). The Kier molecular flexibility index (Phi) is 7.32. The van der Waals surface area contributed by atoms with Crippen LogP contribution < -0.4 is 9.80 Å². The first kappa shape index (κ1) is 25.6. The summed E-state index contributed by atoms with van der Waals surface area (Å²) in [6.07, 6.45) is 5.08. The molecule has 1 aliphatic rings. The molecule has 0 aliphatic carbocycles. The molecule has 198 valence electrons. The van der Waals surface area contributed by atoms with Crippen LogP contribution >= 0.6 is 22.9 Å². The highest BCUT2D eigenvalue weighted by atomic mass is 35.5. The van der Waals surface area contributed by atoms with Gasteiger partial charge in [-0.2, -0.15) is 0 Å². The summed E-state index contributed by atoms with van der Waals surface area (Å²) in [7, 11) is 2.01. The zero-order chi connectivity index (χ0) is 26.8. The standard InChI is InChI=1S/C30H28ClN5O2S/c1-34-27(21-5-8-25(9-6-21)35-12-14-38-15-13-35)19-33-30(34)26(18-24-4-2-3-11-32-24)36(20-37)29-17-22-16-23(31)7-10-28(22)39-29/h2-11,16-17,19-20,26H,12-15,18H2,1H3/t26-/m0/s1. The third kappa shape index (κ3) is 5.28. The normalized spacial score (nSPS) is 14.5. The number of imidazole rings is 1. The van der Waals surface area contributed by atoms with Gasteiger partial charge >= 0.3 is 0 Å². The number of amides is 1. The molecule has 1 atom stereocenters. The van der Waals surface area contributed by atoms with Crippen molar-refractivity contribution in [3.8, 4) is 11.3 Å². The molecule has 0 N–H and O–H groups in total. The number of anilines is 2. The molecule has 0 radical (unpaired) electrons. The number of carbonyl (C=O) groups excluding carboxylic acids is 1. The summed E-state index contributed by atoms with van der Waals surface area (Å²) in [6, 6.07) is 21.8. The fourth-order valence-corrected chi connectivity index (χ4v) is 6.34. The smallest absolute Gasteiger partial charge is 0.215 e. The highest BCUT2D eigenvalue weighted by Crippen LogP contribution is 2.38. The van der Waals surface area contributed by atoms with Crippen LogP contribution in [0.2, 0.25) is 5.02 Å². The number of benzene rings is 2. The van der Waals surface area contributed by atoms with Gasteiger partial charge in [-0.15, -0.1) is 11.3 Å². The van der Waals surface area contributed by atoms with Crippen LogP contribution in [-0.4, -0.2) is 47.2 Å². The first-order valence-corrected chi connectivity index (χ1v) is 14.1. The Hall–Kier alpha value is -3.72. The van der Waals surface area contributed by atoms with Gasteiger partial charge in [0.1, 0.15) is 11.9 Å². The van der Waals surface area contributed by atoms with E-state index in [0.717, 1.165) is 70.6 Å². The van der Waals surface area contributed by atoms with Crippen LogP contribution in [0.15, 0.2) is 79.1 Å². The van der Waals surface area contributed by atoms with Gasteiger partial charge in [0.05, 0.1) is 30.1 Å². The number of ether oxygens (including phenoxy) is 1. The second kappa shape index (κ2) is 11.2. The third-order valence-electron chi connectivity index (χ3n) is 7.16. The summed E-state index contributed by atoms with van der Waals surface area (Å²) in [5, 5.41) is 2.51. The lowest BCUT2D eigenvalue weighted by molar-refractivity contribution is -0.107. The lowest BCUT2D eigenvalue weighted by Crippen LogP contribution is -2.36. The van der Waals surface area contributed by atoms with Crippen molar-refractivity contribution in [3.05, 3.63) is 95.7 Å². The number of hydrogen-bond acceptors (Lipinski definition) is 6. The van der Waals surface area contributed by atoms with E-state index in [0.29, 0.717) is 11.4 Å². The molecular weight excluding hydrogens is 530 g/mol. The van der Waals surface area contributed by atoms with E-state index in [1.165, 1.54) is 5.69 Å². The third-order valence-corrected chi connectivity index (χ3v) is 8.52. The molecule has 1 saturated heterocycles. The van der Waals surface area contributed by atoms with Gasteiger partial charge in [0, 0.05) is 53.9 Å². The molecule has 0 unspecified atom stereocenters. The predicted octanol–water partition coefficient (Wildman–Crippen LogP) is 6.13. The zero-order valence-electron chi connectivity index (χ0n) is 21.5. The average molecular weight is 558 g/mol. The van der Waals surface area contributed by atoms with Gasteiger partial charge < -0.3 is 14.2 Å². The van der Waals surface area contributed by atoms with E-state index in [-0.39, 0.29) is 6.04 Å². The number of hydrogen-bond donors (Lipinski definition) is 0. The predicted molar refractivity (Wildman–Crippen MR) is 158 cm³/mol. The fourth-order valence-electron chi connectivity index (χ4n) is 5.10. The van der Waals surface area contributed by atoms with E-state index in [4.69, 9.17) is 21.3 Å². The van der Waals surface area contributed by atoms with Crippen LogP contribution in [-0.2, 0) is 23.0 Å². The van der Waals surface area contributed by atoms with Crippen LogP contribution in [0.4, 0.5) is 10.7 Å². The molecule has 39 heavy (non-hydrogen) atoms. The van der Waals surface area contributed by atoms with Crippen LogP contribution in [0.5, 0.6) is 0 Å². The summed E-state index contributed by atoms with van der Waals surface area (Å²) in [5.41, 5.74) is 4.13. The van der Waals surface area contributed by atoms with Crippen LogP contribution in [0.25, 0.3) is 21.3 Å². The number of aromatic nitrogens is 3. The van der Waals surface area contributed by atoms with Crippen molar-refractivity contribution in [1.29, 1.82) is 0 Å². The van der Waals surface area contributed by atoms with E-state index in [1.807, 2.05) is 55.7 Å².